The van der Waals surface area contributed by atoms with Crippen molar-refractivity contribution in [2.24, 2.45) is 23.7 Å². The van der Waals surface area contributed by atoms with E-state index >= 15 is 0 Å². The number of rotatable bonds is 4. The van der Waals surface area contributed by atoms with Crippen molar-refractivity contribution in [1.29, 1.82) is 0 Å². The predicted octanol–water partition coefficient (Wildman–Crippen LogP) is 4.16. The third-order valence-corrected chi connectivity index (χ3v) is 8.58. The Bertz CT molecular complexity index is 506. The Morgan fingerprint density at radius 2 is 1.74 bits per heavy atom. The maximum atomic E-state index is 5.54. The van der Waals surface area contributed by atoms with Crippen LogP contribution in [0.1, 0.15) is 43.4 Å². The maximum absolute atomic E-state index is 5.54. The summed E-state index contributed by atoms with van der Waals surface area (Å²) in [5.74, 6) is 4.07. The maximum Gasteiger partial charge on any atom is 0.0594 e. The van der Waals surface area contributed by atoms with Crippen molar-refractivity contribution in [3.8, 4) is 0 Å². The molecule has 4 saturated carbocycles. The van der Waals surface area contributed by atoms with Crippen molar-refractivity contribution in [1.82, 2.24) is 4.90 Å². The van der Waals surface area contributed by atoms with Crippen LogP contribution in [0.2, 0.25) is 0 Å². The minimum atomic E-state index is 0.514. The quantitative estimate of drug-likeness (QED) is 0.821. The van der Waals surface area contributed by atoms with Gasteiger partial charge in [0.2, 0.25) is 0 Å². The fourth-order valence-electron chi connectivity index (χ4n) is 6.67. The molecular formula is C20H29NOS. The molecule has 5 aliphatic rings. The van der Waals surface area contributed by atoms with Crippen molar-refractivity contribution < 1.29 is 4.74 Å². The topological polar surface area (TPSA) is 12.5 Å². The van der Waals surface area contributed by atoms with E-state index in [1.54, 1.807) is 11.3 Å². The molecule has 6 rings (SSSR count). The van der Waals surface area contributed by atoms with Gasteiger partial charge in [0, 0.05) is 23.4 Å². The van der Waals surface area contributed by atoms with Crippen LogP contribution in [0.5, 0.6) is 0 Å². The lowest BCUT2D eigenvalue weighted by atomic mass is 9.44. The van der Waals surface area contributed by atoms with E-state index in [1.807, 2.05) is 11.3 Å². The molecule has 2 nitrogen and oxygen atoms in total. The van der Waals surface area contributed by atoms with Gasteiger partial charge >= 0.3 is 0 Å². The Hall–Kier alpha value is -0.380. The van der Waals surface area contributed by atoms with Crippen LogP contribution in [0.4, 0.5) is 0 Å². The van der Waals surface area contributed by atoms with E-state index in [0.29, 0.717) is 5.41 Å². The van der Waals surface area contributed by atoms with Crippen LogP contribution < -0.4 is 0 Å². The first-order chi connectivity index (χ1) is 11.3. The van der Waals surface area contributed by atoms with Gasteiger partial charge in [-0.15, -0.1) is 11.3 Å². The van der Waals surface area contributed by atoms with Gasteiger partial charge in [0.25, 0.3) is 0 Å². The monoisotopic (exact) mass is 331 g/mol. The second-order valence-corrected chi connectivity index (χ2v) is 9.47. The van der Waals surface area contributed by atoms with Gasteiger partial charge in [-0.05, 0) is 80.2 Å². The highest BCUT2D eigenvalue weighted by Gasteiger charge is 2.57. The van der Waals surface area contributed by atoms with Crippen LogP contribution in [-0.2, 0) is 10.2 Å². The van der Waals surface area contributed by atoms with Crippen LogP contribution in [0.3, 0.4) is 0 Å². The molecule has 1 aliphatic heterocycles. The summed E-state index contributed by atoms with van der Waals surface area (Å²) in [5, 5.41) is 2.32. The van der Waals surface area contributed by atoms with Crippen molar-refractivity contribution >= 4 is 11.3 Å². The van der Waals surface area contributed by atoms with Gasteiger partial charge in [0.05, 0.1) is 13.2 Å². The summed E-state index contributed by atoms with van der Waals surface area (Å²) in [6.45, 7) is 5.43. The average Bonchev–Trinajstić information content (AvgIpc) is 3.10. The number of thiophene rings is 1. The van der Waals surface area contributed by atoms with Crippen molar-refractivity contribution in [3.05, 3.63) is 22.4 Å². The molecule has 4 bridgehead atoms. The third-order valence-electron chi connectivity index (χ3n) is 7.52. The van der Waals surface area contributed by atoms with Gasteiger partial charge in [0.15, 0.2) is 0 Å². The molecule has 1 saturated heterocycles. The minimum Gasteiger partial charge on any atom is -0.379 e. The number of morpholine rings is 1. The zero-order chi connectivity index (χ0) is 15.3. The largest absolute Gasteiger partial charge is 0.379 e. The molecule has 0 N–H and O–H groups in total. The average molecular weight is 332 g/mol. The summed E-state index contributed by atoms with van der Waals surface area (Å²) < 4.78 is 5.54. The van der Waals surface area contributed by atoms with Gasteiger partial charge in [-0.25, -0.2) is 0 Å². The SMILES string of the molecule is c1csc(C2(CCN3CCOCC3)C3CC4CC(C3)CC2C4)c1. The van der Waals surface area contributed by atoms with Gasteiger partial charge in [-0.1, -0.05) is 6.07 Å². The highest BCUT2D eigenvalue weighted by molar-refractivity contribution is 7.10. The molecule has 1 aromatic heterocycles. The molecule has 3 heteroatoms. The number of ether oxygens (including phenoxy) is 1. The zero-order valence-electron chi connectivity index (χ0n) is 14.1. The Labute approximate surface area is 144 Å². The zero-order valence-corrected chi connectivity index (χ0v) is 14.9. The van der Waals surface area contributed by atoms with Crippen LogP contribution in [0.25, 0.3) is 0 Å². The van der Waals surface area contributed by atoms with E-state index in [9.17, 15) is 0 Å². The number of nitrogens with zero attached hydrogens (tertiary/aromatic N) is 1. The number of hydrogen-bond acceptors (Lipinski definition) is 3. The minimum absolute atomic E-state index is 0.514. The molecule has 0 unspecified atom stereocenters. The van der Waals surface area contributed by atoms with E-state index in [0.717, 1.165) is 50.0 Å². The summed E-state index contributed by atoms with van der Waals surface area (Å²) in [5.41, 5.74) is 0.514. The predicted molar refractivity (Wildman–Crippen MR) is 94.9 cm³/mol. The Morgan fingerprint density at radius 1 is 1.04 bits per heavy atom. The standard InChI is InChI=1S/C20H29NOS/c1-2-19(23-9-1)20(3-4-21-5-7-22-8-6-21)17-11-15-10-16(13-17)14-18(20)12-15/h1-2,9,15-18H,3-8,10-14H2. The molecule has 5 fully saturated rings. The number of hydrogen-bond donors (Lipinski definition) is 0. The lowest BCUT2D eigenvalue weighted by Gasteiger charge is -2.61. The first kappa shape index (κ1) is 14.9. The lowest BCUT2D eigenvalue weighted by Crippen LogP contribution is -2.56. The summed E-state index contributed by atoms with van der Waals surface area (Å²) >= 11 is 2.04. The second kappa shape index (κ2) is 5.86. The molecule has 2 heterocycles. The van der Waals surface area contributed by atoms with Gasteiger partial charge in [-0.2, -0.15) is 0 Å². The summed E-state index contributed by atoms with van der Waals surface area (Å²) in [7, 11) is 0. The fourth-order valence-corrected chi connectivity index (χ4v) is 7.79. The second-order valence-electron chi connectivity index (χ2n) is 8.53. The summed E-state index contributed by atoms with van der Waals surface area (Å²) in [6, 6.07) is 4.76. The van der Waals surface area contributed by atoms with E-state index in [1.165, 1.54) is 38.6 Å². The van der Waals surface area contributed by atoms with Crippen LogP contribution >= 0.6 is 11.3 Å². The van der Waals surface area contributed by atoms with E-state index in [2.05, 4.69) is 22.4 Å². The smallest absolute Gasteiger partial charge is 0.0594 e. The molecule has 23 heavy (non-hydrogen) atoms. The van der Waals surface area contributed by atoms with Gasteiger partial charge < -0.3 is 4.74 Å². The molecule has 0 atom stereocenters. The molecule has 0 amide bonds. The first-order valence-electron chi connectivity index (χ1n) is 9.68. The highest BCUT2D eigenvalue weighted by Crippen LogP contribution is 2.64. The summed E-state index contributed by atoms with van der Waals surface area (Å²) in [4.78, 5) is 4.38. The Balaban J connectivity index is 1.43. The third kappa shape index (κ3) is 2.42. The molecule has 126 valence electrons. The molecular weight excluding hydrogens is 302 g/mol. The summed E-state index contributed by atoms with van der Waals surface area (Å²) in [6.07, 6.45) is 9.03. The Morgan fingerprint density at radius 3 is 2.35 bits per heavy atom. The van der Waals surface area contributed by atoms with Gasteiger partial charge in [0.1, 0.15) is 0 Å². The first-order valence-corrected chi connectivity index (χ1v) is 10.6. The molecule has 0 radical (unpaired) electrons. The fraction of sp³-hybridized carbons (Fsp3) is 0.800. The van der Waals surface area contributed by atoms with Gasteiger partial charge in [-0.3, -0.25) is 4.90 Å². The van der Waals surface area contributed by atoms with Crippen LogP contribution in [0, 0.1) is 23.7 Å². The molecule has 4 aliphatic carbocycles. The van der Waals surface area contributed by atoms with Crippen LogP contribution in [-0.4, -0.2) is 37.7 Å². The van der Waals surface area contributed by atoms with Crippen molar-refractivity contribution in [2.75, 3.05) is 32.8 Å². The lowest BCUT2D eigenvalue weighted by molar-refractivity contribution is -0.0691. The van der Waals surface area contributed by atoms with E-state index < -0.39 is 0 Å². The van der Waals surface area contributed by atoms with E-state index in [-0.39, 0.29) is 0 Å². The van der Waals surface area contributed by atoms with Crippen molar-refractivity contribution in [3.63, 3.8) is 0 Å². The molecule has 0 spiro atoms. The normalized spacial score (nSPS) is 43.1. The highest BCUT2D eigenvalue weighted by atomic mass is 32.1. The van der Waals surface area contributed by atoms with Crippen LogP contribution in [0.15, 0.2) is 17.5 Å². The van der Waals surface area contributed by atoms with E-state index in [4.69, 9.17) is 4.74 Å². The molecule has 0 aromatic carbocycles. The van der Waals surface area contributed by atoms with Crippen molar-refractivity contribution in [2.45, 2.75) is 43.9 Å². The Kier molecular flexibility index (Phi) is 3.80. The molecule has 1 aromatic rings.